The highest BCUT2D eigenvalue weighted by atomic mass is 16.1. The monoisotopic (exact) mass is 374 g/mol. The second-order valence-electron chi connectivity index (χ2n) is 7.90. The topological polar surface area (TPSA) is 66.9 Å². The van der Waals surface area contributed by atoms with Gasteiger partial charge < -0.3 is 10.6 Å². The van der Waals surface area contributed by atoms with Crippen molar-refractivity contribution >= 4 is 28.9 Å². The number of hydrogen-bond donors (Lipinski definition) is 2. The number of carbonyl (C=O) groups is 1. The largest absolute Gasteiger partial charge is 0.340 e. The fourth-order valence-corrected chi connectivity index (χ4v) is 2.99. The average Bonchev–Trinajstić information content (AvgIpc) is 2.61. The molecule has 0 bridgehead atoms. The van der Waals surface area contributed by atoms with E-state index in [1.807, 2.05) is 31.2 Å². The van der Waals surface area contributed by atoms with Gasteiger partial charge in [0.05, 0.1) is 0 Å². The van der Waals surface area contributed by atoms with E-state index >= 15 is 0 Å². The van der Waals surface area contributed by atoms with E-state index in [0.29, 0.717) is 11.5 Å². The molecule has 0 aliphatic rings. The summed E-state index contributed by atoms with van der Waals surface area (Å²) in [5.41, 5.74) is 4.64. The molecular formula is C23H26N4O. The van der Waals surface area contributed by atoms with Crippen molar-refractivity contribution in [2.45, 2.75) is 40.0 Å². The molecule has 0 aliphatic heterocycles. The first-order valence-electron chi connectivity index (χ1n) is 9.32. The van der Waals surface area contributed by atoms with Crippen LogP contribution < -0.4 is 10.6 Å². The lowest BCUT2D eigenvalue weighted by Crippen LogP contribution is -2.14. The average molecular weight is 374 g/mol. The van der Waals surface area contributed by atoms with Gasteiger partial charge in [-0.25, -0.2) is 4.98 Å². The van der Waals surface area contributed by atoms with Crippen LogP contribution in [0.15, 0.2) is 54.6 Å². The Kier molecular flexibility index (Phi) is 5.45. The van der Waals surface area contributed by atoms with E-state index in [4.69, 9.17) is 0 Å². The van der Waals surface area contributed by atoms with Crippen LogP contribution in [0.1, 0.15) is 49.3 Å². The van der Waals surface area contributed by atoms with Crippen molar-refractivity contribution in [3.63, 3.8) is 0 Å². The Balaban J connectivity index is 1.85. The predicted molar refractivity (Wildman–Crippen MR) is 115 cm³/mol. The normalized spacial score (nSPS) is 11.2. The smallest absolute Gasteiger partial charge is 0.229 e. The van der Waals surface area contributed by atoms with Crippen LogP contribution in [0.2, 0.25) is 0 Å². The number of rotatable bonds is 5. The number of Topliss-reactive ketones (excluding diaryl/α,β-unsaturated/α-hetero) is 1. The van der Waals surface area contributed by atoms with Crippen LogP contribution in [-0.2, 0) is 5.41 Å². The molecule has 0 atom stereocenters. The van der Waals surface area contributed by atoms with Crippen LogP contribution >= 0.6 is 0 Å². The molecule has 0 unspecified atom stereocenters. The van der Waals surface area contributed by atoms with E-state index in [9.17, 15) is 4.79 Å². The standard InChI is InChI=1S/C23H26N4O/c1-15-14-21(26-20-9-7-6-8-19(20)23(3,4)5)27-22(24-15)25-18-12-10-17(11-13-18)16(2)28/h6-14H,1-5H3,(H2,24,25,26,27). The summed E-state index contributed by atoms with van der Waals surface area (Å²) in [5, 5.41) is 6.64. The fraction of sp³-hybridized carbons (Fsp3) is 0.261. The molecule has 5 heteroatoms. The van der Waals surface area contributed by atoms with E-state index in [0.717, 1.165) is 22.9 Å². The van der Waals surface area contributed by atoms with Gasteiger partial charge in [0.25, 0.3) is 0 Å². The van der Waals surface area contributed by atoms with Gasteiger partial charge in [0.15, 0.2) is 5.78 Å². The van der Waals surface area contributed by atoms with Crippen molar-refractivity contribution in [3.05, 3.63) is 71.4 Å². The van der Waals surface area contributed by atoms with Crippen molar-refractivity contribution in [1.29, 1.82) is 0 Å². The molecule has 3 rings (SSSR count). The van der Waals surface area contributed by atoms with Crippen molar-refractivity contribution in [1.82, 2.24) is 9.97 Å². The molecule has 0 spiro atoms. The zero-order valence-electron chi connectivity index (χ0n) is 17.0. The van der Waals surface area contributed by atoms with E-state index in [-0.39, 0.29) is 11.2 Å². The number of benzene rings is 2. The molecule has 2 N–H and O–H groups in total. The first-order valence-corrected chi connectivity index (χ1v) is 9.32. The SMILES string of the molecule is CC(=O)c1ccc(Nc2nc(C)cc(Nc3ccccc3C(C)(C)C)n2)cc1. The summed E-state index contributed by atoms with van der Waals surface area (Å²) in [6.45, 7) is 10.1. The zero-order chi connectivity index (χ0) is 20.3. The van der Waals surface area contributed by atoms with Crippen LogP contribution in [0.3, 0.4) is 0 Å². The molecule has 0 saturated heterocycles. The molecule has 1 aromatic heterocycles. The first kappa shape index (κ1) is 19.5. The first-order chi connectivity index (χ1) is 13.2. The summed E-state index contributed by atoms with van der Waals surface area (Å²) in [6.07, 6.45) is 0. The lowest BCUT2D eigenvalue weighted by molar-refractivity contribution is 0.101. The molecule has 0 fully saturated rings. The number of ketones is 1. The summed E-state index contributed by atoms with van der Waals surface area (Å²) < 4.78 is 0. The Bertz CT molecular complexity index is 988. The maximum absolute atomic E-state index is 11.4. The lowest BCUT2D eigenvalue weighted by atomic mass is 9.86. The lowest BCUT2D eigenvalue weighted by Gasteiger charge is -2.23. The van der Waals surface area contributed by atoms with Gasteiger partial charge in [-0.1, -0.05) is 39.0 Å². The highest BCUT2D eigenvalue weighted by molar-refractivity contribution is 5.94. The van der Waals surface area contributed by atoms with E-state index in [2.05, 4.69) is 59.6 Å². The number of para-hydroxylation sites is 1. The summed E-state index contributed by atoms with van der Waals surface area (Å²) in [4.78, 5) is 20.5. The number of nitrogens with zero attached hydrogens (tertiary/aromatic N) is 2. The van der Waals surface area contributed by atoms with Crippen LogP contribution in [-0.4, -0.2) is 15.8 Å². The summed E-state index contributed by atoms with van der Waals surface area (Å²) >= 11 is 0. The second kappa shape index (κ2) is 7.80. The van der Waals surface area contributed by atoms with Crippen LogP contribution in [0.4, 0.5) is 23.1 Å². The number of anilines is 4. The third-order valence-corrected chi connectivity index (χ3v) is 4.40. The number of aromatic nitrogens is 2. The third-order valence-electron chi connectivity index (χ3n) is 4.40. The molecule has 0 amide bonds. The molecule has 28 heavy (non-hydrogen) atoms. The van der Waals surface area contributed by atoms with Gasteiger partial charge in [-0.3, -0.25) is 4.79 Å². The van der Waals surface area contributed by atoms with Gasteiger partial charge in [0, 0.05) is 28.7 Å². The van der Waals surface area contributed by atoms with Crippen molar-refractivity contribution in [3.8, 4) is 0 Å². The van der Waals surface area contributed by atoms with Gasteiger partial charge in [0.2, 0.25) is 5.95 Å². The number of carbonyl (C=O) groups excluding carboxylic acids is 1. The van der Waals surface area contributed by atoms with Crippen molar-refractivity contribution < 1.29 is 4.79 Å². The third kappa shape index (κ3) is 4.74. The van der Waals surface area contributed by atoms with Gasteiger partial charge in [-0.05, 0) is 55.2 Å². The minimum atomic E-state index is 0.0191. The highest BCUT2D eigenvalue weighted by Crippen LogP contribution is 2.31. The quantitative estimate of drug-likeness (QED) is 0.555. The highest BCUT2D eigenvalue weighted by Gasteiger charge is 2.18. The van der Waals surface area contributed by atoms with Crippen molar-refractivity contribution in [2.24, 2.45) is 0 Å². The maximum Gasteiger partial charge on any atom is 0.229 e. The van der Waals surface area contributed by atoms with Gasteiger partial charge in [-0.2, -0.15) is 4.98 Å². The Labute approximate surface area is 166 Å². The summed E-state index contributed by atoms with van der Waals surface area (Å²) in [6, 6.07) is 17.5. The molecular weight excluding hydrogens is 348 g/mol. The maximum atomic E-state index is 11.4. The number of aryl methyl sites for hydroxylation is 1. The molecule has 3 aromatic rings. The van der Waals surface area contributed by atoms with Crippen LogP contribution in [0.5, 0.6) is 0 Å². The van der Waals surface area contributed by atoms with Gasteiger partial charge in [0.1, 0.15) is 5.82 Å². The van der Waals surface area contributed by atoms with Gasteiger partial charge >= 0.3 is 0 Å². The Morgan fingerprint density at radius 1 is 0.929 bits per heavy atom. The predicted octanol–water partition coefficient (Wildman–Crippen LogP) is 5.77. The van der Waals surface area contributed by atoms with E-state index < -0.39 is 0 Å². The van der Waals surface area contributed by atoms with E-state index in [1.165, 1.54) is 5.56 Å². The van der Waals surface area contributed by atoms with Crippen LogP contribution in [0.25, 0.3) is 0 Å². The second-order valence-corrected chi connectivity index (χ2v) is 7.90. The van der Waals surface area contributed by atoms with Crippen molar-refractivity contribution in [2.75, 3.05) is 10.6 Å². The Morgan fingerprint density at radius 3 is 2.25 bits per heavy atom. The van der Waals surface area contributed by atoms with Crippen LogP contribution in [0, 0.1) is 6.92 Å². The fourth-order valence-electron chi connectivity index (χ4n) is 2.99. The minimum absolute atomic E-state index is 0.0191. The molecule has 2 aromatic carbocycles. The van der Waals surface area contributed by atoms with Gasteiger partial charge in [-0.15, -0.1) is 0 Å². The molecule has 0 aliphatic carbocycles. The Morgan fingerprint density at radius 2 is 1.61 bits per heavy atom. The molecule has 144 valence electrons. The molecule has 0 radical (unpaired) electrons. The number of hydrogen-bond acceptors (Lipinski definition) is 5. The number of nitrogens with one attached hydrogen (secondary N) is 2. The molecule has 1 heterocycles. The Hall–Kier alpha value is -3.21. The summed E-state index contributed by atoms with van der Waals surface area (Å²) in [7, 11) is 0. The summed E-state index contributed by atoms with van der Waals surface area (Å²) in [5.74, 6) is 1.28. The molecule has 0 saturated carbocycles. The minimum Gasteiger partial charge on any atom is -0.340 e. The van der Waals surface area contributed by atoms with E-state index in [1.54, 1.807) is 19.1 Å². The molecule has 5 nitrogen and oxygen atoms in total. The zero-order valence-corrected chi connectivity index (χ0v) is 17.0.